The average molecular weight is 464 g/mol. The van der Waals surface area contributed by atoms with Crippen molar-refractivity contribution in [1.29, 1.82) is 0 Å². The highest BCUT2D eigenvalue weighted by atomic mass is 32.2. The number of nitrogens with zero attached hydrogens (tertiary/aromatic N) is 1. The van der Waals surface area contributed by atoms with E-state index in [-0.39, 0.29) is 33.7 Å². The molecule has 0 spiro atoms. The Labute approximate surface area is 192 Å². The Hall–Kier alpha value is -1.64. The van der Waals surface area contributed by atoms with E-state index in [1.54, 1.807) is 12.1 Å². The zero-order chi connectivity index (χ0) is 23.3. The second kappa shape index (κ2) is 8.29. The predicted molar refractivity (Wildman–Crippen MR) is 125 cm³/mol. The van der Waals surface area contributed by atoms with Crippen molar-refractivity contribution in [2.24, 2.45) is 16.7 Å². The van der Waals surface area contributed by atoms with Gasteiger partial charge in [-0.25, -0.2) is 8.42 Å². The Bertz CT molecular complexity index is 980. The summed E-state index contributed by atoms with van der Waals surface area (Å²) < 4.78 is 33.7. The molecule has 3 atom stereocenters. The molecule has 1 heterocycles. The number of amides is 1. The molecular weight excluding hydrogens is 426 g/mol. The van der Waals surface area contributed by atoms with Crippen LogP contribution in [0, 0.1) is 16.7 Å². The van der Waals surface area contributed by atoms with E-state index in [1.165, 1.54) is 16.8 Å². The molecule has 1 aromatic carbocycles. The number of carbonyl (C=O) groups excluding carboxylic acids is 1. The monoisotopic (exact) mass is 463 g/mol. The lowest BCUT2D eigenvalue weighted by Gasteiger charge is -2.43. The number of ether oxygens (including phenoxy) is 1. The Morgan fingerprint density at radius 2 is 1.88 bits per heavy atom. The summed E-state index contributed by atoms with van der Waals surface area (Å²) in [5.41, 5.74) is 1.04. The summed E-state index contributed by atoms with van der Waals surface area (Å²) in [6.45, 7) is 12.1. The average Bonchev–Trinajstić information content (AvgIpc) is 3.22. The third-order valence-corrected chi connectivity index (χ3v) is 9.76. The maximum atomic E-state index is 13.5. The van der Waals surface area contributed by atoms with Crippen LogP contribution in [-0.4, -0.2) is 57.0 Å². The molecule has 1 aromatic rings. The minimum absolute atomic E-state index is 0.0322. The zero-order valence-corrected chi connectivity index (χ0v) is 20.7. The highest BCUT2D eigenvalue weighted by Crippen LogP contribution is 2.62. The third kappa shape index (κ3) is 4.05. The number of anilines is 1. The van der Waals surface area contributed by atoms with E-state index < -0.39 is 10.0 Å². The van der Waals surface area contributed by atoms with Crippen molar-refractivity contribution in [1.82, 2.24) is 9.62 Å². The number of hydrogen-bond donors (Lipinski definition) is 2. The number of sulfonamides is 1. The number of hydrogen-bond acceptors (Lipinski definition) is 5. The molecule has 2 bridgehead atoms. The molecule has 0 radical (unpaired) electrons. The van der Waals surface area contributed by atoms with E-state index in [0.717, 1.165) is 12.8 Å². The summed E-state index contributed by atoms with van der Waals surface area (Å²) in [5, 5.41) is 6.52. The molecule has 2 aliphatic carbocycles. The van der Waals surface area contributed by atoms with Gasteiger partial charge in [0.15, 0.2) is 0 Å². The number of carbonyl (C=O) groups is 1. The van der Waals surface area contributed by atoms with Crippen LogP contribution in [-0.2, 0) is 14.8 Å². The van der Waals surface area contributed by atoms with Crippen LogP contribution in [0.4, 0.5) is 5.69 Å². The van der Waals surface area contributed by atoms with Crippen molar-refractivity contribution in [3.63, 3.8) is 0 Å². The largest absolute Gasteiger partial charge is 0.382 e. The lowest BCUT2D eigenvalue weighted by atomic mass is 9.68. The van der Waals surface area contributed by atoms with Gasteiger partial charge >= 0.3 is 0 Å². The van der Waals surface area contributed by atoms with Crippen LogP contribution in [0.25, 0.3) is 0 Å². The lowest BCUT2D eigenvalue weighted by Crippen LogP contribution is -2.52. The van der Waals surface area contributed by atoms with E-state index in [2.05, 4.69) is 31.4 Å². The predicted octanol–water partition coefficient (Wildman–Crippen LogP) is 3.47. The van der Waals surface area contributed by atoms with E-state index in [1.807, 2.05) is 13.8 Å². The zero-order valence-electron chi connectivity index (χ0n) is 19.9. The van der Waals surface area contributed by atoms with Gasteiger partial charge in [-0.15, -0.1) is 0 Å². The van der Waals surface area contributed by atoms with Gasteiger partial charge in [0.25, 0.3) is 5.91 Å². The highest BCUT2D eigenvalue weighted by molar-refractivity contribution is 7.89. The smallest absolute Gasteiger partial charge is 0.251 e. The standard InChI is InChI=1S/C24H37N3O4S/c1-16(2)25-19-7-6-17(14-20(19)32(29,30)27-10-12-31-13-11-27)21(28)26-22-23(3,4)18-8-9-24(22,5)15-18/h6-7,14,16,18,22,25H,8-13,15H2,1-5H3,(H,26,28)/t18-,22?,24-/m1/s1. The Kier molecular flexibility index (Phi) is 6.09. The molecule has 178 valence electrons. The molecule has 4 rings (SSSR count). The molecule has 1 amide bonds. The first-order valence-corrected chi connectivity index (χ1v) is 13.2. The molecule has 1 saturated heterocycles. The summed E-state index contributed by atoms with van der Waals surface area (Å²) in [7, 11) is -3.75. The van der Waals surface area contributed by atoms with Gasteiger partial charge in [0.2, 0.25) is 10.0 Å². The molecule has 1 unspecified atom stereocenters. The Balaban J connectivity index is 1.65. The molecule has 32 heavy (non-hydrogen) atoms. The van der Waals surface area contributed by atoms with Crippen molar-refractivity contribution in [3.8, 4) is 0 Å². The molecule has 3 aliphatic rings. The summed E-state index contributed by atoms with van der Waals surface area (Å²) in [6, 6.07) is 5.11. The molecule has 8 heteroatoms. The molecule has 3 fully saturated rings. The fraction of sp³-hybridized carbons (Fsp3) is 0.708. The summed E-state index contributed by atoms with van der Waals surface area (Å²) in [6.07, 6.45) is 3.48. The van der Waals surface area contributed by atoms with Crippen LogP contribution in [0.2, 0.25) is 0 Å². The van der Waals surface area contributed by atoms with Crippen molar-refractivity contribution < 1.29 is 17.9 Å². The van der Waals surface area contributed by atoms with Gasteiger partial charge in [0, 0.05) is 30.7 Å². The van der Waals surface area contributed by atoms with Crippen molar-refractivity contribution in [3.05, 3.63) is 23.8 Å². The van der Waals surface area contributed by atoms with Crippen LogP contribution in [0.15, 0.2) is 23.1 Å². The number of benzene rings is 1. The maximum Gasteiger partial charge on any atom is 0.251 e. The summed E-state index contributed by atoms with van der Waals surface area (Å²) in [4.78, 5) is 13.5. The molecule has 0 aromatic heterocycles. The van der Waals surface area contributed by atoms with Gasteiger partial charge in [-0.3, -0.25) is 4.79 Å². The lowest BCUT2D eigenvalue weighted by molar-refractivity contribution is 0.0729. The van der Waals surface area contributed by atoms with Gasteiger partial charge in [-0.05, 0) is 68.1 Å². The minimum atomic E-state index is -3.75. The van der Waals surface area contributed by atoms with E-state index in [4.69, 9.17) is 4.74 Å². The van der Waals surface area contributed by atoms with Crippen molar-refractivity contribution >= 4 is 21.6 Å². The molecule has 2 saturated carbocycles. The first-order valence-electron chi connectivity index (χ1n) is 11.7. The van der Waals surface area contributed by atoms with E-state index in [9.17, 15) is 13.2 Å². The van der Waals surface area contributed by atoms with Gasteiger partial charge < -0.3 is 15.4 Å². The van der Waals surface area contributed by atoms with Gasteiger partial charge in [0.05, 0.1) is 18.9 Å². The first-order chi connectivity index (χ1) is 14.9. The Morgan fingerprint density at radius 1 is 1.19 bits per heavy atom. The molecule has 7 nitrogen and oxygen atoms in total. The van der Waals surface area contributed by atoms with Gasteiger partial charge in [-0.1, -0.05) is 20.8 Å². The second-order valence-corrected chi connectivity index (χ2v) is 12.8. The topological polar surface area (TPSA) is 87.7 Å². The van der Waals surface area contributed by atoms with Gasteiger partial charge in [-0.2, -0.15) is 4.31 Å². The second-order valence-electron chi connectivity index (χ2n) is 10.8. The molecular formula is C24H37N3O4S. The van der Waals surface area contributed by atoms with Crippen LogP contribution >= 0.6 is 0 Å². The minimum Gasteiger partial charge on any atom is -0.382 e. The first kappa shape index (κ1) is 23.5. The SMILES string of the molecule is CC(C)Nc1ccc(C(=O)NC2C(C)(C)[C@@H]3CC[C@]2(C)C3)cc1S(=O)(=O)N1CCOCC1. The van der Waals surface area contributed by atoms with E-state index in [0.29, 0.717) is 43.5 Å². The molecule has 1 aliphatic heterocycles. The van der Waals surface area contributed by atoms with Crippen LogP contribution < -0.4 is 10.6 Å². The van der Waals surface area contributed by atoms with Crippen LogP contribution in [0.3, 0.4) is 0 Å². The van der Waals surface area contributed by atoms with Crippen molar-refractivity contribution in [2.75, 3.05) is 31.6 Å². The number of nitrogens with one attached hydrogen (secondary N) is 2. The maximum absolute atomic E-state index is 13.5. The highest BCUT2D eigenvalue weighted by Gasteiger charge is 2.59. The van der Waals surface area contributed by atoms with E-state index >= 15 is 0 Å². The normalized spacial score (nSPS) is 29.9. The number of morpholine rings is 1. The van der Waals surface area contributed by atoms with Crippen LogP contribution in [0.5, 0.6) is 0 Å². The van der Waals surface area contributed by atoms with Crippen LogP contribution in [0.1, 0.15) is 64.2 Å². The molecule has 2 N–H and O–H groups in total. The fourth-order valence-corrected chi connectivity index (χ4v) is 7.70. The number of rotatable bonds is 6. The summed E-state index contributed by atoms with van der Waals surface area (Å²) >= 11 is 0. The fourth-order valence-electron chi connectivity index (χ4n) is 6.11. The Morgan fingerprint density at radius 3 is 2.47 bits per heavy atom. The quantitative estimate of drug-likeness (QED) is 0.675. The summed E-state index contributed by atoms with van der Waals surface area (Å²) in [5.74, 6) is 0.416. The van der Waals surface area contributed by atoms with Crippen molar-refractivity contribution in [2.45, 2.75) is 70.9 Å². The number of fused-ring (bicyclic) bond motifs is 2. The third-order valence-electron chi connectivity index (χ3n) is 7.82. The van der Waals surface area contributed by atoms with Gasteiger partial charge in [0.1, 0.15) is 4.90 Å².